The van der Waals surface area contributed by atoms with Gasteiger partial charge in [-0.2, -0.15) is 0 Å². The molecule has 0 aliphatic carbocycles. The fourth-order valence-electron chi connectivity index (χ4n) is 1.63. The molecule has 1 aliphatic heterocycles. The summed E-state index contributed by atoms with van der Waals surface area (Å²) >= 11 is 3.66. The summed E-state index contributed by atoms with van der Waals surface area (Å²) in [6.07, 6.45) is 2.24. The lowest BCUT2D eigenvalue weighted by molar-refractivity contribution is -0.149. The van der Waals surface area contributed by atoms with Gasteiger partial charge in [0.25, 0.3) is 0 Å². The SMILES string of the molecule is CCC(C(=O)CC1SCCCS1)C(=O)OC. The molecule has 1 fully saturated rings. The molecule has 0 N–H and O–H groups in total. The van der Waals surface area contributed by atoms with Crippen molar-refractivity contribution in [3.63, 3.8) is 0 Å². The molecule has 0 amide bonds. The van der Waals surface area contributed by atoms with Crippen LogP contribution in [0.15, 0.2) is 0 Å². The summed E-state index contributed by atoms with van der Waals surface area (Å²) in [5.74, 6) is 1.33. The van der Waals surface area contributed by atoms with Crippen molar-refractivity contribution in [2.24, 2.45) is 5.92 Å². The van der Waals surface area contributed by atoms with Crippen molar-refractivity contribution in [3.05, 3.63) is 0 Å². The van der Waals surface area contributed by atoms with Gasteiger partial charge in [0, 0.05) is 6.42 Å². The minimum atomic E-state index is -0.562. The van der Waals surface area contributed by atoms with Gasteiger partial charge in [-0.25, -0.2) is 0 Å². The van der Waals surface area contributed by atoms with Crippen LogP contribution in [-0.4, -0.2) is 35.0 Å². The first kappa shape index (κ1) is 13.9. The zero-order valence-corrected chi connectivity index (χ0v) is 11.4. The average Bonchev–Trinajstić information content (AvgIpc) is 2.31. The fraction of sp³-hybridized carbons (Fsp3) is 0.818. The van der Waals surface area contributed by atoms with Crippen LogP contribution in [0.1, 0.15) is 26.2 Å². The molecule has 0 aromatic rings. The normalized spacial score (nSPS) is 19.1. The smallest absolute Gasteiger partial charge is 0.316 e. The maximum Gasteiger partial charge on any atom is 0.316 e. The summed E-state index contributed by atoms with van der Waals surface area (Å²) in [5, 5.41) is 0. The van der Waals surface area contributed by atoms with E-state index < -0.39 is 11.9 Å². The Morgan fingerprint density at radius 3 is 2.50 bits per heavy atom. The highest BCUT2D eigenvalue weighted by Crippen LogP contribution is 2.33. The van der Waals surface area contributed by atoms with Crippen LogP contribution >= 0.6 is 23.5 Å². The predicted octanol–water partition coefficient (Wildman–Crippen LogP) is 2.34. The minimum Gasteiger partial charge on any atom is -0.468 e. The van der Waals surface area contributed by atoms with Gasteiger partial charge in [0.2, 0.25) is 0 Å². The molecule has 1 heterocycles. The first-order chi connectivity index (χ1) is 7.69. The highest BCUT2D eigenvalue weighted by Gasteiger charge is 2.28. The first-order valence-electron chi connectivity index (χ1n) is 5.52. The van der Waals surface area contributed by atoms with Crippen molar-refractivity contribution in [2.75, 3.05) is 18.6 Å². The Hall–Kier alpha value is -0.160. The molecule has 1 rings (SSSR count). The van der Waals surface area contributed by atoms with Gasteiger partial charge in [-0.05, 0) is 24.3 Å². The second-order valence-electron chi connectivity index (χ2n) is 3.68. The van der Waals surface area contributed by atoms with Gasteiger partial charge < -0.3 is 4.74 Å². The third kappa shape index (κ3) is 4.01. The van der Waals surface area contributed by atoms with Crippen LogP contribution < -0.4 is 0 Å². The Bertz CT molecular complexity index is 250. The first-order valence-corrected chi connectivity index (χ1v) is 7.62. The molecule has 0 saturated carbocycles. The Balaban J connectivity index is 2.45. The van der Waals surface area contributed by atoms with Crippen LogP contribution in [0.4, 0.5) is 0 Å². The van der Waals surface area contributed by atoms with E-state index in [0.717, 1.165) is 11.5 Å². The van der Waals surface area contributed by atoms with Gasteiger partial charge in [-0.3, -0.25) is 9.59 Å². The largest absolute Gasteiger partial charge is 0.468 e. The summed E-state index contributed by atoms with van der Waals surface area (Å²) in [6.45, 7) is 1.85. The van der Waals surface area contributed by atoms with Gasteiger partial charge in [0.1, 0.15) is 11.7 Å². The van der Waals surface area contributed by atoms with Crippen molar-refractivity contribution >= 4 is 35.3 Å². The van der Waals surface area contributed by atoms with Crippen LogP contribution in [0.25, 0.3) is 0 Å². The zero-order chi connectivity index (χ0) is 12.0. The maximum absolute atomic E-state index is 11.9. The lowest BCUT2D eigenvalue weighted by Gasteiger charge is -2.21. The van der Waals surface area contributed by atoms with Crippen LogP contribution in [-0.2, 0) is 14.3 Å². The number of rotatable bonds is 5. The van der Waals surface area contributed by atoms with Gasteiger partial charge in [0.15, 0.2) is 0 Å². The Kier molecular flexibility index (Phi) is 6.28. The predicted molar refractivity (Wildman–Crippen MR) is 68.7 cm³/mol. The van der Waals surface area contributed by atoms with Crippen LogP contribution in [0.3, 0.4) is 0 Å². The molecule has 1 aliphatic rings. The average molecular weight is 262 g/mol. The van der Waals surface area contributed by atoms with E-state index in [1.165, 1.54) is 13.5 Å². The summed E-state index contributed by atoms with van der Waals surface area (Å²) in [6, 6.07) is 0. The molecule has 0 radical (unpaired) electrons. The molecule has 1 saturated heterocycles. The van der Waals surface area contributed by atoms with E-state index in [-0.39, 0.29) is 5.78 Å². The lowest BCUT2D eigenvalue weighted by atomic mass is 9.99. The number of carbonyl (C=O) groups excluding carboxylic acids is 2. The summed E-state index contributed by atoms with van der Waals surface area (Å²) in [5.41, 5.74) is 0. The zero-order valence-electron chi connectivity index (χ0n) is 9.73. The number of hydrogen-bond acceptors (Lipinski definition) is 5. The monoisotopic (exact) mass is 262 g/mol. The van der Waals surface area contributed by atoms with Crippen molar-refractivity contribution in [2.45, 2.75) is 30.8 Å². The number of Topliss-reactive ketones (excluding diaryl/α,β-unsaturated/α-hetero) is 1. The van der Waals surface area contributed by atoms with E-state index in [9.17, 15) is 9.59 Å². The number of ketones is 1. The van der Waals surface area contributed by atoms with E-state index >= 15 is 0 Å². The topological polar surface area (TPSA) is 43.4 Å². The molecule has 0 bridgehead atoms. The van der Waals surface area contributed by atoms with Crippen molar-refractivity contribution in [3.8, 4) is 0 Å². The number of hydrogen-bond donors (Lipinski definition) is 0. The number of esters is 1. The second kappa shape index (κ2) is 7.22. The lowest BCUT2D eigenvalue weighted by Crippen LogP contribution is -2.27. The van der Waals surface area contributed by atoms with E-state index in [1.807, 2.05) is 30.4 Å². The highest BCUT2D eigenvalue weighted by atomic mass is 32.2. The number of methoxy groups -OCH3 is 1. The van der Waals surface area contributed by atoms with Gasteiger partial charge >= 0.3 is 5.97 Å². The third-order valence-corrected chi connectivity index (χ3v) is 5.49. The molecule has 3 nitrogen and oxygen atoms in total. The minimum absolute atomic E-state index is 0.0289. The Labute approximate surface area is 105 Å². The van der Waals surface area contributed by atoms with Crippen molar-refractivity contribution in [1.29, 1.82) is 0 Å². The second-order valence-corrected chi connectivity index (χ2v) is 6.60. The molecule has 1 atom stereocenters. The number of ether oxygens (including phenoxy) is 1. The Morgan fingerprint density at radius 2 is 2.00 bits per heavy atom. The molecular formula is C11H18O3S2. The van der Waals surface area contributed by atoms with E-state index in [2.05, 4.69) is 4.74 Å². The molecule has 16 heavy (non-hydrogen) atoms. The Morgan fingerprint density at radius 1 is 1.38 bits per heavy atom. The number of carbonyl (C=O) groups is 2. The summed E-state index contributed by atoms with van der Waals surface area (Å²) in [4.78, 5) is 23.3. The molecule has 0 aromatic carbocycles. The highest BCUT2D eigenvalue weighted by molar-refractivity contribution is 8.17. The van der Waals surface area contributed by atoms with Gasteiger partial charge in [0.05, 0.1) is 11.7 Å². The summed E-state index contributed by atoms with van der Waals surface area (Å²) in [7, 11) is 1.34. The van der Waals surface area contributed by atoms with Crippen LogP contribution in [0.2, 0.25) is 0 Å². The standard InChI is InChI=1S/C11H18O3S2/c1-3-8(11(13)14-2)9(12)7-10-15-5-4-6-16-10/h8,10H,3-7H2,1-2H3. The van der Waals surface area contributed by atoms with E-state index in [0.29, 0.717) is 17.4 Å². The fourth-order valence-corrected chi connectivity index (χ4v) is 4.49. The van der Waals surface area contributed by atoms with Crippen LogP contribution in [0.5, 0.6) is 0 Å². The third-order valence-electron chi connectivity index (χ3n) is 2.55. The van der Waals surface area contributed by atoms with E-state index in [1.54, 1.807) is 0 Å². The van der Waals surface area contributed by atoms with E-state index in [4.69, 9.17) is 0 Å². The molecule has 0 aromatic heterocycles. The van der Waals surface area contributed by atoms with Gasteiger partial charge in [-0.15, -0.1) is 23.5 Å². The maximum atomic E-state index is 11.9. The number of thioether (sulfide) groups is 2. The molecule has 5 heteroatoms. The molecular weight excluding hydrogens is 244 g/mol. The van der Waals surface area contributed by atoms with Crippen molar-refractivity contribution in [1.82, 2.24) is 0 Å². The van der Waals surface area contributed by atoms with Crippen molar-refractivity contribution < 1.29 is 14.3 Å². The molecule has 0 spiro atoms. The quantitative estimate of drug-likeness (QED) is 0.562. The van der Waals surface area contributed by atoms with Gasteiger partial charge in [-0.1, -0.05) is 6.92 Å². The summed E-state index contributed by atoms with van der Waals surface area (Å²) < 4.78 is 4.97. The van der Waals surface area contributed by atoms with Crippen LogP contribution in [0, 0.1) is 5.92 Å². The molecule has 92 valence electrons. The molecule has 1 unspecified atom stereocenters.